The number of fused-ring (bicyclic) bond motifs is 5. The van der Waals surface area contributed by atoms with Crippen LogP contribution in [0.5, 0.6) is 0 Å². The Morgan fingerprint density at radius 2 is 1.88 bits per heavy atom. The minimum absolute atomic E-state index is 0.00342. The number of halogens is 1. The Hall–Kier alpha value is -2.62. The van der Waals surface area contributed by atoms with Crippen molar-refractivity contribution in [3.05, 3.63) is 34.5 Å². The number of aromatic amines is 1. The zero-order valence-electron chi connectivity index (χ0n) is 25.0. The maximum atomic E-state index is 14.4. The smallest absolute Gasteiger partial charge is 0.228 e. The van der Waals surface area contributed by atoms with Crippen LogP contribution in [0.25, 0.3) is 10.9 Å². The molecule has 0 bridgehead atoms. The number of morpholine rings is 1. The van der Waals surface area contributed by atoms with Gasteiger partial charge in [0.1, 0.15) is 0 Å². The number of nitrogens with zero attached hydrogens (tertiary/aromatic N) is 3. The maximum Gasteiger partial charge on any atom is 0.228 e. The van der Waals surface area contributed by atoms with E-state index in [0.29, 0.717) is 44.2 Å². The molecule has 2 N–H and O–H groups in total. The van der Waals surface area contributed by atoms with E-state index >= 15 is 0 Å². The number of nitrogens with one attached hydrogen (secondary N) is 2. The Morgan fingerprint density at radius 3 is 2.56 bits per heavy atom. The molecule has 2 fully saturated rings. The summed E-state index contributed by atoms with van der Waals surface area (Å²) in [7, 11) is 0. The molecule has 5 rings (SSSR count). The molecule has 3 aliphatic rings. The van der Waals surface area contributed by atoms with Crippen LogP contribution in [0.4, 0.5) is 0 Å². The van der Waals surface area contributed by atoms with Crippen LogP contribution in [0.1, 0.15) is 58.7 Å². The van der Waals surface area contributed by atoms with Crippen molar-refractivity contribution in [1.29, 1.82) is 0 Å². The molecule has 1 aromatic carbocycles. The molecule has 0 radical (unpaired) electrons. The Morgan fingerprint density at radius 1 is 1.17 bits per heavy atom. The number of hydrogen-bond donors (Lipinski definition) is 2. The van der Waals surface area contributed by atoms with Crippen molar-refractivity contribution in [2.75, 3.05) is 45.9 Å². The lowest BCUT2D eigenvalue weighted by Gasteiger charge is -2.54. The number of amides is 3. The molecule has 3 amide bonds. The predicted molar refractivity (Wildman–Crippen MR) is 160 cm³/mol. The fraction of sp³-hybridized carbons (Fsp3) is 0.645. The van der Waals surface area contributed by atoms with Gasteiger partial charge < -0.3 is 24.8 Å². The number of ether oxygens (including phenoxy) is 1. The first-order chi connectivity index (χ1) is 19.5. The summed E-state index contributed by atoms with van der Waals surface area (Å²) in [6, 6.07) is 5.79. The van der Waals surface area contributed by atoms with Gasteiger partial charge in [0.2, 0.25) is 17.7 Å². The summed E-state index contributed by atoms with van der Waals surface area (Å²) in [6.45, 7) is 15.1. The number of piperidine rings is 1. The number of H-pyrrole nitrogens is 1. The van der Waals surface area contributed by atoms with Crippen molar-refractivity contribution >= 4 is 40.2 Å². The van der Waals surface area contributed by atoms with Crippen molar-refractivity contribution in [2.24, 2.45) is 11.8 Å². The standard InChI is InChI=1S/C31H44ClN5O4/c1-19(2)37(20(3)4)30(40)25-16-21(17-27(38)33-9-11-35-12-14-41-15-13-35)29(39)36-10-8-23-24-18-22(32)6-7-26(24)34-28(23)31(25,36)5/h6-7,18-21,25,34H,8-17H2,1-5H3,(H,33,38)/t21-,25-,31+/m1/s1. The molecule has 0 unspecified atom stereocenters. The fourth-order valence-electron chi connectivity index (χ4n) is 7.31. The highest BCUT2D eigenvalue weighted by Crippen LogP contribution is 2.50. The Bertz CT molecular complexity index is 1290. The average Bonchev–Trinajstić information content (AvgIpc) is 3.29. The molecule has 10 heteroatoms. The number of carbonyl (C=O) groups excluding carboxylic acids is 3. The normalized spacial score (nSPS) is 25.0. The number of aromatic nitrogens is 1. The van der Waals surface area contributed by atoms with E-state index < -0.39 is 17.4 Å². The summed E-state index contributed by atoms with van der Waals surface area (Å²) < 4.78 is 5.40. The molecule has 41 heavy (non-hydrogen) atoms. The topological polar surface area (TPSA) is 98.0 Å². The monoisotopic (exact) mass is 585 g/mol. The van der Waals surface area contributed by atoms with Crippen LogP contribution in [-0.2, 0) is 31.1 Å². The van der Waals surface area contributed by atoms with Gasteiger partial charge in [0.15, 0.2) is 0 Å². The van der Waals surface area contributed by atoms with E-state index in [9.17, 15) is 14.4 Å². The van der Waals surface area contributed by atoms with E-state index in [0.717, 1.165) is 41.8 Å². The van der Waals surface area contributed by atoms with Crippen LogP contribution in [0.2, 0.25) is 5.02 Å². The van der Waals surface area contributed by atoms with Crippen LogP contribution in [0.15, 0.2) is 18.2 Å². The van der Waals surface area contributed by atoms with E-state index in [1.54, 1.807) is 0 Å². The van der Waals surface area contributed by atoms with Crippen LogP contribution in [0, 0.1) is 11.8 Å². The van der Waals surface area contributed by atoms with Gasteiger partial charge in [-0.05, 0) is 71.2 Å². The summed E-state index contributed by atoms with van der Waals surface area (Å²) in [5, 5.41) is 4.71. The Labute approximate surface area is 247 Å². The quantitative estimate of drug-likeness (QED) is 0.494. The van der Waals surface area contributed by atoms with Crippen LogP contribution >= 0.6 is 11.6 Å². The Kier molecular flexibility index (Phi) is 8.69. The highest BCUT2D eigenvalue weighted by molar-refractivity contribution is 6.31. The summed E-state index contributed by atoms with van der Waals surface area (Å²) in [5.74, 6) is -1.23. The fourth-order valence-corrected chi connectivity index (χ4v) is 7.48. The summed E-state index contributed by atoms with van der Waals surface area (Å²) in [5.41, 5.74) is 2.12. The largest absolute Gasteiger partial charge is 0.379 e. The molecule has 3 aliphatic heterocycles. The molecule has 0 aliphatic carbocycles. The van der Waals surface area contributed by atoms with Crippen molar-refractivity contribution in [2.45, 2.75) is 71.5 Å². The van der Waals surface area contributed by atoms with Gasteiger partial charge in [-0.3, -0.25) is 19.3 Å². The van der Waals surface area contributed by atoms with Gasteiger partial charge in [-0.15, -0.1) is 0 Å². The molecule has 2 aromatic rings. The molecule has 0 saturated carbocycles. The van der Waals surface area contributed by atoms with E-state index in [-0.39, 0.29) is 36.2 Å². The highest BCUT2D eigenvalue weighted by atomic mass is 35.5. The summed E-state index contributed by atoms with van der Waals surface area (Å²) in [6.07, 6.45) is 1.07. The molecule has 9 nitrogen and oxygen atoms in total. The van der Waals surface area contributed by atoms with E-state index in [1.807, 2.05) is 62.6 Å². The first-order valence-corrected chi connectivity index (χ1v) is 15.4. The summed E-state index contributed by atoms with van der Waals surface area (Å²) >= 11 is 6.37. The van der Waals surface area contributed by atoms with Crippen molar-refractivity contribution < 1.29 is 19.1 Å². The van der Waals surface area contributed by atoms with E-state index in [4.69, 9.17) is 16.3 Å². The van der Waals surface area contributed by atoms with Gasteiger partial charge in [0.25, 0.3) is 0 Å². The SMILES string of the molecule is CC(C)N(C(=O)[C@H]1C[C@H](CC(=O)NCCN2CCOCC2)C(=O)N2CCc3c([nH]c4ccc(Cl)cc34)[C@]12C)C(C)C. The van der Waals surface area contributed by atoms with Gasteiger partial charge in [-0.2, -0.15) is 0 Å². The number of benzene rings is 1. The lowest BCUT2D eigenvalue weighted by molar-refractivity contribution is -0.166. The molecule has 1 aromatic heterocycles. The van der Waals surface area contributed by atoms with Gasteiger partial charge in [0.05, 0.1) is 24.7 Å². The van der Waals surface area contributed by atoms with Gasteiger partial charge in [-0.25, -0.2) is 0 Å². The van der Waals surface area contributed by atoms with Gasteiger partial charge in [-0.1, -0.05) is 11.6 Å². The third-order valence-electron chi connectivity index (χ3n) is 9.29. The first kappa shape index (κ1) is 29.9. The van der Waals surface area contributed by atoms with E-state index in [2.05, 4.69) is 15.2 Å². The Balaban J connectivity index is 1.44. The molecular formula is C31H44ClN5O4. The highest BCUT2D eigenvalue weighted by Gasteiger charge is 2.57. The molecular weight excluding hydrogens is 542 g/mol. The summed E-state index contributed by atoms with van der Waals surface area (Å²) in [4.78, 5) is 51.2. The number of carbonyl (C=O) groups is 3. The number of hydrogen-bond acceptors (Lipinski definition) is 5. The van der Waals surface area contributed by atoms with E-state index in [1.165, 1.54) is 0 Å². The van der Waals surface area contributed by atoms with Crippen molar-refractivity contribution in [3.63, 3.8) is 0 Å². The maximum absolute atomic E-state index is 14.4. The van der Waals surface area contributed by atoms with Gasteiger partial charge in [0, 0.05) is 78.8 Å². The minimum atomic E-state index is -0.863. The molecule has 0 spiro atoms. The first-order valence-electron chi connectivity index (χ1n) is 15.0. The third-order valence-corrected chi connectivity index (χ3v) is 9.52. The molecule has 3 atom stereocenters. The molecule has 2 saturated heterocycles. The van der Waals surface area contributed by atoms with Crippen molar-refractivity contribution in [3.8, 4) is 0 Å². The predicted octanol–water partition coefficient (Wildman–Crippen LogP) is 3.54. The van der Waals surface area contributed by atoms with Crippen molar-refractivity contribution in [1.82, 2.24) is 25.0 Å². The second-order valence-corrected chi connectivity index (χ2v) is 12.9. The average molecular weight is 586 g/mol. The molecule has 4 heterocycles. The van der Waals surface area contributed by atoms with Crippen LogP contribution < -0.4 is 5.32 Å². The second-order valence-electron chi connectivity index (χ2n) is 12.5. The second kappa shape index (κ2) is 11.9. The molecule has 224 valence electrons. The zero-order valence-corrected chi connectivity index (χ0v) is 25.7. The zero-order chi connectivity index (χ0) is 29.5. The minimum Gasteiger partial charge on any atom is -0.379 e. The van der Waals surface area contributed by atoms with Crippen LogP contribution in [-0.4, -0.2) is 95.4 Å². The lowest BCUT2D eigenvalue weighted by atomic mass is 9.67. The van der Waals surface area contributed by atoms with Crippen LogP contribution in [0.3, 0.4) is 0 Å². The number of rotatable bonds is 8. The van der Waals surface area contributed by atoms with Gasteiger partial charge >= 0.3 is 0 Å². The third kappa shape index (κ3) is 5.60. The lowest BCUT2D eigenvalue weighted by Crippen LogP contribution is -2.65.